The smallest absolute Gasteiger partial charge is 0.255 e. The Kier molecular flexibility index (Phi) is 4.41. The van der Waals surface area contributed by atoms with Crippen LogP contribution in [-0.2, 0) is 4.74 Å². The summed E-state index contributed by atoms with van der Waals surface area (Å²) in [6, 6.07) is 5.54. The second kappa shape index (κ2) is 6.26. The molecule has 5 heteroatoms. The van der Waals surface area contributed by atoms with Crippen LogP contribution in [0.5, 0.6) is 5.75 Å². The molecular formula is C13H18N2O3. The zero-order valence-corrected chi connectivity index (χ0v) is 10.5. The van der Waals surface area contributed by atoms with E-state index in [0.29, 0.717) is 31.1 Å². The molecule has 0 aliphatic carbocycles. The first-order valence-corrected chi connectivity index (χ1v) is 6.09. The lowest BCUT2D eigenvalue weighted by atomic mass is 10.1. The Morgan fingerprint density at radius 2 is 2.44 bits per heavy atom. The van der Waals surface area contributed by atoms with E-state index in [0.717, 1.165) is 18.7 Å². The molecule has 5 nitrogen and oxygen atoms in total. The van der Waals surface area contributed by atoms with Gasteiger partial charge in [-0.3, -0.25) is 4.79 Å². The van der Waals surface area contributed by atoms with Crippen molar-refractivity contribution in [3.8, 4) is 5.75 Å². The van der Waals surface area contributed by atoms with Crippen LogP contribution in [0, 0.1) is 0 Å². The molecule has 2 N–H and O–H groups in total. The molecule has 1 heterocycles. The Balaban J connectivity index is 2.01. The lowest BCUT2D eigenvalue weighted by Crippen LogP contribution is -2.27. The molecule has 0 unspecified atom stereocenters. The first kappa shape index (κ1) is 12.7. The fourth-order valence-electron chi connectivity index (χ4n) is 1.86. The summed E-state index contributed by atoms with van der Waals surface area (Å²) < 4.78 is 10.5. The van der Waals surface area contributed by atoms with Gasteiger partial charge in [0.1, 0.15) is 6.61 Å². The number of carbonyl (C=O) groups is 1. The van der Waals surface area contributed by atoms with Gasteiger partial charge in [0.25, 0.3) is 5.91 Å². The number of amides is 1. The van der Waals surface area contributed by atoms with E-state index < -0.39 is 0 Å². The summed E-state index contributed by atoms with van der Waals surface area (Å²) in [5, 5.41) is 6.07. The third-order valence-corrected chi connectivity index (χ3v) is 2.73. The summed E-state index contributed by atoms with van der Waals surface area (Å²) in [4.78, 5) is 12.0. The number of ether oxygens (including phenoxy) is 2. The average molecular weight is 250 g/mol. The number of hydrogen-bond acceptors (Lipinski definition) is 4. The maximum absolute atomic E-state index is 12.0. The Hall–Kier alpha value is -1.75. The Morgan fingerprint density at radius 3 is 3.28 bits per heavy atom. The number of hydrogen-bond donors (Lipinski definition) is 2. The maximum atomic E-state index is 12.0. The predicted molar refractivity (Wildman–Crippen MR) is 69.3 cm³/mol. The molecule has 0 fully saturated rings. The van der Waals surface area contributed by atoms with Gasteiger partial charge in [0.15, 0.2) is 5.75 Å². The molecule has 0 saturated heterocycles. The molecule has 1 aromatic carbocycles. The number of anilines is 1. The minimum atomic E-state index is -0.105. The van der Waals surface area contributed by atoms with Crippen molar-refractivity contribution in [1.82, 2.24) is 5.32 Å². The number of carbonyl (C=O) groups excluding carboxylic acids is 1. The normalized spacial score (nSPS) is 13.2. The van der Waals surface area contributed by atoms with Crippen LogP contribution in [0.4, 0.5) is 5.69 Å². The van der Waals surface area contributed by atoms with Crippen LogP contribution in [-0.4, -0.2) is 39.3 Å². The first-order chi connectivity index (χ1) is 8.83. The van der Waals surface area contributed by atoms with E-state index in [1.165, 1.54) is 0 Å². The van der Waals surface area contributed by atoms with Crippen molar-refractivity contribution in [3.05, 3.63) is 23.8 Å². The molecule has 0 radical (unpaired) electrons. The summed E-state index contributed by atoms with van der Waals surface area (Å²) >= 11 is 0. The van der Waals surface area contributed by atoms with Gasteiger partial charge in [-0.15, -0.1) is 0 Å². The van der Waals surface area contributed by atoms with Crippen LogP contribution in [0.3, 0.4) is 0 Å². The van der Waals surface area contributed by atoms with Crippen molar-refractivity contribution in [2.75, 3.05) is 38.7 Å². The fraction of sp³-hybridized carbons (Fsp3) is 0.462. The summed E-state index contributed by atoms with van der Waals surface area (Å²) in [7, 11) is 1.65. The molecule has 1 aliphatic heterocycles. The topological polar surface area (TPSA) is 59.6 Å². The first-order valence-electron chi connectivity index (χ1n) is 6.09. The van der Waals surface area contributed by atoms with E-state index in [1.807, 2.05) is 12.1 Å². The number of nitrogens with one attached hydrogen (secondary N) is 2. The largest absolute Gasteiger partial charge is 0.489 e. The molecule has 0 aromatic heterocycles. The molecule has 1 aromatic rings. The molecule has 18 heavy (non-hydrogen) atoms. The Bertz CT molecular complexity index is 421. The van der Waals surface area contributed by atoms with Crippen LogP contribution < -0.4 is 15.4 Å². The average Bonchev–Trinajstić information content (AvgIpc) is 2.43. The third-order valence-electron chi connectivity index (χ3n) is 2.73. The molecule has 2 rings (SSSR count). The van der Waals surface area contributed by atoms with Gasteiger partial charge in [-0.05, 0) is 18.6 Å². The molecule has 0 bridgehead atoms. The quantitative estimate of drug-likeness (QED) is 0.772. The van der Waals surface area contributed by atoms with Crippen LogP contribution >= 0.6 is 0 Å². The van der Waals surface area contributed by atoms with Gasteiger partial charge in [-0.25, -0.2) is 0 Å². The van der Waals surface area contributed by atoms with Gasteiger partial charge in [-0.1, -0.05) is 6.07 Å². The zero-order valence-electron chi connectivity index (χ0n) is 10.5. The van der Waals surface area contributed by atoms with E-state index in [4.69, 9.17) is 9.47 Å². The number of rotatable bonds is 5. The van der Waals surface area contributed by atoms with E-state index in [-0.39, 0.29) is 5.91 Å². The van der Waals surface area contributed by atoms with Gasteiger partial charge in [0.2, 0.25) is 0 Å². The summed E-state index contributed by atoms with van der Waals surface area (Å²) in [6.07, 6.45) is 0.802. The van der Waals surface area contributed by atoms with E-state index in [1.54, 1.807) is 13.2 Å². The zero-order chi connectivity index (χ0) is 12.8. The van der Waals surface area contributed by atoms with Gasteiger partial charge in [0.05, 0.1) is 11.3 Å². The highest BCUT2D eigenvalue weighted by Gasteiger charge is 2.18. The van der Waals surface area contributed by atoms with Crippen molar-refractivity contribution >= 4 is 11.6 Å². The van der Waals surface area contributed by atoms with Gasteiger partial charge < -0.3 is 20.1 Å². The minimum absolute atomic E-state index is 0.105. The molecule has 0 atom stereocenters. The fourth-order valence-corrected chi connectivity index (χ4v) is 1.86. The molecule has 0 saturated carbocycles. The highest BCUT2D eigenvalue weighted by molar-refractivity contribution is 5.98. The lowest BCUT2D eigenvalue weighted by Gasteiger charge is -2.21. The number of benzene rings is 1. The predicted octanol–water partition coefficient (Wildman–Crippen LogP) is 1.26. The van der Waals surface area contributed by atoms with Crippen LogP contribution in [0.1, 0.15) is 16.8 Å². The highest BCUT2D eigenvalue weighted by Crippen LogP contribution is 2.30. The van der Waals surface area contributed by atoms with Crippen LogP contribution in [0.2, 0.25) is 0 Å². The molecule has 1 aliphatic rings. The number of fused-ring (bicyclic) bond motifs is 1. The van der Waals surface area contributed by atoms with Crippen LogP contribution in [0.25, 0.3) is 0 Å². The summed E-state index contributed by atoms with van der Waals surface area (Å²) in [5.41, 5.74) is 1.46. The highest BCUT2D eigenvalue weighted by atomic mass is 16.5. The summed E-state index contributed by atoms with van der Waals surface area (Å²) in [6.45, 7) is 2.60. The molecule has 0 spiro atoms. The second-order valence-electron chi connectivity index (χ2n) is 4.06. The SMILES string of the molecule is COCCCNC(=O)c1cccc2c1OCCN2. The van der Waals surface area contributed by atoms with E-state index >= 15 is 0 Å². The van der Waals surface area contributed by atoms with Crippen molar-refractivity contribution in [1.29, 1.82) is 0 Å². The molecule has 1 amide bonds. The van der Waals surface area contributed by atoms with Crippen molar-refractivity contribution in [2.45, 2.75) is 6.42 Å². The van der Waals surface area contributed by atoms with Crippen molar-refractivity contribution in [3.63, 3.8) is 0 Å². The monoisotopic (exact) mass is 250 g/mol. The van der Waals surface area contributed by atoms with Gasteiger partial charge in [-0.2, -0.15) is 0 Å². The Labute approximate surface area is 106 Å². The van der Waals surface area contributed by atoms with E-state index in [2.05, 4.69) is 10.6 Å². The van der Waals surface area contributed by atoms with Crippen molar-refractivity contribution in [2.24, 2.45) is 0 Å². The lowest BCUT2D eigenvalue weighted by molar-refractivity contribution is 0.0944. The number of para-hydroxylation sites is 1. The number of methoxy groups -OCH3 is 1. The van der Waals surface area contributed by atoms with Gasteiger partial charge >= 0.3 is 0 Å². The van der Waals surface area contributed by atoms with Crippen LogP contribution in [0.15, 0.2) is 18.2 Å². The Morgan fingerprint density at radius 1 is 1.56 bits per heavy atom. The summed E-state index contributed by atoms with van der Waals surface area (Å²) in [5.74, 6) is 0.541. The van der Waals surface area contributed by atoms with E-state index in [9.17, 15) is 4.79 Å². The third kappa shape index (κ3) is 2.92. The maximum Gasteiger partial charge on any atom is 0.255 e. The molecular weight excluding hydrogens is 232 g/mol. The minimum Gasteiger partial charge on any atom is -0.489 e. The standard InChI is InChI=1S/C13H18N2O3/c1-17-8-3-6-15-13(16)10-4-2-5-11-12(10)18-9-7-14-11/h2,4-5,14H,3,6-9H2,1H3,(H,15,16). The van der Waals surface area contributed by atoms with Gasteiger partial charge in [0, 0.05) is 26.8 Å². The van der Waals surface area contributed by atoms with Crippen molar-refractivity contribution < 1.29 is 14.3 Å². The molecule has 98 valence electrons. The second-order valence-corrected chi connectivity index (χ2v) is 4.06.